The van der Waals surface area contributed by atoms with Gasteiger partial charge in [0.15, 0.2) is 0 Å². The summed E-state index contributed by atoms with van der Waals surface area (Å²) in [5.41, 5.74) is 1.22. The van der Waals surface area contributed by atoms with Crippen LogP contribution in [0.2, 0.25) is 0 Å². The third-order valence-electron chi connectivity index (χ3n) is 2.42. The van der Waals surface area contributed by atoms with E-state index in [1.807, 2.05) is 0 Å². The molecule has 0 aliphatic rings. The molecule has 0 amide bonds. The number of allylic oxidation sites excluding steroid dienone is 1. The van der Waals surface area contributed by atoms with E-state index in [9.17, 15) is 0 Å². The van der Waals surface area contributed by atoms with Crippen LogP contribution in [-0.2, 0) is 0 Å². The zero-order valence-corrected chi connectivity index (χ0v) is 10.2. The summed E-state index contributed by atoms with van der Waals surface area (Å²) in [6, 6.07) is 0. The maximum Gasteiger partial charge on any atom is 0.0143 e. The fourth-order valence-electron chi connectivity index (χ4n) is 1.45. The van der Waals surface area contributed by atoms with Crippen LogP contribution in [0.5, 0.6) is 0 Å². The van der Waals surface area contributed by atoms with Gasteiger partial charge in [0.25, 0.3) is 0 Å². The lowest BCUT2D eigenvalue weighted by atomic mass is 10.1. The van der Waals surface area contributed by atoms with Crippen LogP contribution < -0.4 is 5.32 Å². The summed E-state index contributed by atoms with van der Waals surface area (Å²) in [7, 11) is 0. The lowest BCUT2D eigenvalue weighted by Gasteiger charge is -2.10. The predicted molar refractivity (Wildman–Crippen MR) is 65.4 cm³/mol. The second-order valence-electron chi connectivity index (χ2n) is 4.52. The third-order valence-corrected chi connectivity index (χ3v) is 2.42. The standard InChI is InChI=1S/C13H27N/c1-5-6-7-10-13(4)14-11-8-9-12(2)3/h12,14H,4-11H2,1-3H3. The number of nitrogens with one attached hydrogen (secondary N) is 1. The molecule has 0 fully saturated rings. The minimum atomic E-state index is 0.824. The zero-order chi connectivity index (χ0) is 10.8. The molecule has 0 aliphatic carbocycles. The molecule has 0 aliphatic heterocycles. The Bertz CT molecular complexity index is 138. The highest BCUT2D eigenvalue weighted by molar-refractivity contribution is 4.90. The van der Waals surface area contributed by atoms with Crippen molar-refractivity contribution in [3.05, 3.63) is 12.3 Å². The number of hydrogen-bond acceptors (Lipinski definition) is 1. The van der Waals surface area contributed by atoms with E-state index in [0.29, 0.717) is 0 Å². The van der Waals surface area contributed by atoms with Gasteiger partial charge in [-0.15, -0.1) is 0 Å². The van der Waals surface area contributed by atoms with Gasteiger partial charge in [-0.05, 0) is 31.6 Å². The lowest BCUT2D eigenvalue weighted by Crippen LogP contribution is -2.14. The summed E-state index contributed by atoms with van der Waals surface area (Å²) in [5.74, 6) is 0.824. The first-order chi connectivity index (χ1) is 6.66. The molecule has 0 rings (SSSR count). The highest BCUT2D eigenvalue weighted by Gasteiger charge is 1.95. The van der Waals surface area contributed by atoms with Crippen LogP contribution in [0.1, 0.15) is 59.3 Å². The van der Waals surface area contributed by atoms with Crippen molar-refractivity contribution < 1.29 is 0 Å². The zero-order valence-electron chi connectivity index (χ0n) is 10.2. The Balaban J connectivity index is 3.18. The molecular formula is C13H27N. The van der Waals surface area contributed by atoms with Gasteiger partial charge in [-0.2, -0.15) is 0 Å². The first-order valence-electron chi connectivity index (χ1n) is 6.08. The van der Waals surface area contributed by atoms with Gasteiger partial charge in [-0.1, -0.05) is 40.2 Å². The van der Waals surface area contributed by atoms with Gasteiger partial charge in [0.2, 0.25) is 0 Å². The number of rotatable bonds is 9. The molecule has 14 heavy (non-hydrogen) atoms. The summed E-state index contributed by atoms with van der Waals surface area (Å²) < 4.78 is 0. The summed E-state index contributed by atoms with van der Waals surface area (Å²) in [5, 5.41) is 3.40. The SMILES string of the molecule is C=C(CCCCC)NCCCC(C)C. The topological polar surface area (TPSA) is 12.0 Å². The highest BCUT2D eigenvalue weighted by Crippen LogP contribution is 2.06. The van der Waals surface area contributed by atoms with E-state index < -0.39 is 0 Å². The Morgan fingerprint density at radius 2 is 1.93 bits per heavy atom. The molecule has 0 spiro atoms. The van der Waals surface area contributed by atoms with Gasteiger partial charge in [0.05, 0.1) is 0 Å². The van der Waals surface area contributed by atoms with Gasteiger partial charge < -0.3 is 5.32 Å². The monoisotopic (exact) mass is 197 g/mol. The van der Waals surface area contributed by atoms with Crippen molar-refractivity contribution in [3.8, 4) is 0 Å². The van der Waals surface area contributed by atoms with E-state index >= 15 is 0 Å². The Morgan fingerprint density at radius 1 is 1.21 bits per heavy atom. The van der Waals surface area contributed by atoms with Crippen molar-refractivity contribution in [1.82, 2.24) is 5.32 Å². The molecule has 0 aromatic carbocycles. The van der Waals surface area contributed by atoms with Crippen molar-refractivity contribution in [2.75, 3.05) is 6.54 Å². The smallest absolute Gasteiger partial charge is 0.0143 e. The molecule has 84 valence electrons. The Hall–Kier alpha value is -0.460. The molecule has 0 unspecified atom stereocenters. The van der Waals surface area contributed by atoms with Crippen molar-refractivity contribution >= 4 is 0 Å². The predicted octanol–water partition coefficient (Wildman–Crippen LogP) is 4.11. The second-order valence-corrected chi connectivity index (χ2v) is 4.52. The molecular weight excluding hydrogens is 170 g/mol. The molecule has 0 saturated carbocycles. The highest BCUT2D eigenvalue weighted by atomic mass is 14.9. The summed E-state index contributed by atoms with van der Waals surface area (Å²) in [4.78, 5) is 0. The molecule has 0 aromatic heterocycles. The molecule has 0 saturated heterocycles. The van der Waals surface area contributed by atoms with Crippen LogP contribution >= 0.6 is 0 Å². The van der Waals surface area contributed by atoms with E-state index in [2.05, 4.69) is 32.7 Å². The van der Waals surface area contributed by atoms with Crippen LogP contribution in [0, 0.1) is 5.92 Å². The number of unbranched alkanes of at least 4 members (excludes halogenated alkanes) is 2. The molecule has 0 atom stereocenters. The largest absolute Gasteiger partial charge is 0.389 e. The average molecular weight is 197 g/mol. The summed E-state index contributed by atoms with van der Waals surface area (Å²) >= 11 is 0. The second kappa shape index (κ2) is 9.11. The van der Waals surface area contributed by atoms with E-state index in [1.54, 1.807) is 0 Å². The van der Waals surface area contributed by atoms with Crippen LogP contribution in [0.15, 0.2) is 12.3 Å². The van der Waals surface area contributed by atoms with E-state index in [1.165, 1.54) is 37.8 Å². The van der Waals surface area contributed by atoms with E-state index in [-0.39, 0.29) is 0 Å². The molecule has 0 bridgehead atoms. The maximum absolute atomic E-state index is 4.03. The lowest BCUT2D eigenvalue weighted by molar-refractivity contribution is 0.538. The minimum Gasteiger partial charge on any atom is -0.389 e. The van der Waals surface area contributed by atoms with Crippen molar-refractivity contribution in [2.45, 2.75) is 59.3 Å². The van der Waals surface area contributed by atoms with E-state index in [4.69, 9.17) is 0 Å². The van der Waals surface area contributed by atoms with Crippen LogP contribution in [0.3, 0.4) is 0 Å². The Kier molecular flexibility index (Phi) is 8.81. The Labute approximate surface area is 90.0 Å². The average Bonchev–Trinajstić information content (AvgIpc) is 2.13. The molecule has 1 N–H and O–H groups in total. The van der Waals surface area contributed by atoms with Crippen LogP contribution in [0.4, 0.5) is 0 Å². The van der Waals surface area contributed by atoms with Crippen LogP contribution in [-0.4, -0.2) is 6.54 Å². The van der Waals surface area contributed by atoms with Gasteiger partial charge in [-0.3, -0.25) is 0 Å². The first-order valence-corrected chi connectivity index (χ1v) is 6.08. The molecule has 0 heterocycles. The van der Waals surface area contributed by atoms with Crippen molar-refractivity contribution in [1.29, 1.82) is 0 Å². The van der Waals surface area contributed by atoms with Crippen molar-refractivity contribution in [3.63, 3.8) is 0 Å². The fraction of sp³-hybridized carbons (Fsp3) is 0.846. The van der Waals surface area contributed by atoms with Crippen molar-refractivity contribution in [2.24, 2.45) is 5.92 Å². The quantitative estimate of drug-likeness (QED) is 0.549. The van der Waals surface area contributed by atoms with Gasteiger partial charge >= 0.3 is 0 Å². The molecule has 0 aromatic rings. The molecule has 1 nitrogen and oxygen atoms in total. The minimum absolute atomic E-state index is 0.824. The summed E-state index contributed by atoms with van der Waals surface area (Å²) in [6.07, 6.45) is 7.63. The maximum atomic E-state index is 4.03. The van der Waals surface area contributed by atoms with Gasteiger partial charge in [0.1, 0.15) is 0 Å². The van der Waals surface area contributed by atoms with Crippen LogP contribution in [0.25, 0.3) is 0 Å². The van der Waals surface area contributed by atoms with E-state index in [0.717, 1.165) is 18.9 Å². The Morgan fingerprint density at radius 3 is 2.50 bits per heavy atom. The van der Waals surface area contributed by atoms with Gasteiger partial charge in [0, 0.05) is 12.2 Å². The molecule has 1 heteroatoms. The normalized spacial score (nSPS) is 10.6. The number of hydrogen-bond donors (Lipinski definition) is 1. The summed E-state index contributed by atoms with van der Waals surface area (Å²) in [6.45, 7) is 11.9. The van der Waals surface area contributed by atoms with Gasteiger partial charge in [-0.25, -0.2) is 0 Å². The molecule has 0 radical (unpaired) electrons. The first kappa shape index (κ1) is 13.5. The third kappa shape index (κ3) is 9.63. The fourth-order valence-corrected chi connectivity index (χ4v) is 1.45.